The van der Waals surface area contributed by atoms with Gasteiger partial charge in [-0.2, -0.15) is 0 Å². The van der Waals surface area contributed by atoms with E-state index in [9.17, 15) is 9.59 Å². The van der Waals surface area contributed by atoms with Crippen LogP contribution in [0, 0.1) is 0 Å². The third kappa shape index (κ3) is 5.51. The number of hydrogen-bond acceptors (Lipinski definition) is 7. The Bertz CT molecular complexity index is 1180. The van der Waals surface area contributed by atoms with Gasteiger partial charge in [0.1, 0.15) is 17.2 Å². The first-order chi connectivity index (χ1) is 16.0. The van der Waals surface area contributed by atoms with Gasteiger partial charge in [-0.05, 0) is 54.6 Å². The van der Waals surface area contributed by atoms with Gasteiger partial charge in [-0.25, -0.2) is 4.79 Å². The van der Waals surface area contributed by atoms with Crippen molar-refractivity contribution in [1.29, 1.82) is 0 Å². The molecule has 0 fully saturated rings. The monoisotopic (exact) mass is 448 g/mol. The summed E-state index contributed by atoms with van der Waals surface area (Å²) < 4.78 is 26.5. The molecule has 0 bridgehead atoms. The second-order valence-corrected chi connectivity index (χ2v) is 6.76. The number of rotatable bonds is 9. The molecule has 7 heteroatoms. The van der Waals surface area contributed by atoms with Crippen LogP contribution in [0.25, 0.3) is 6.08 Å². The number of methoxy groups -OCH3 is 4. The van der Waals surface area contributed by atoms with Gasteiger partial charge < -0.3 is 23.7 Å². The fourth-order valence-electron chi connectivity index (χ4n) is 3.10. The molecule has 0 aliphatic heterocycles. The van der Waals surface area contributed by atoms with Crippen molar-refractivity contribution in [3.63, 3.8) is 0 Å². The lowest BCUT2D eigenvalue weighted by atomic mass is 10.1. The molecule has 0 atom stereocenters. The highest BCUT2D eigenvalue weighted by Crippen LogP contribution is 2.29. The zero-order valence-electron chi connectivity index (χ0n) is 18.8. The second-order valence-electron chi connectivity index (χ2n) is 6.76. The molecule has 0 unspecified atom stereocenters. The van der Waals surface area contributed by atoms with Crippen molar-refractivity contribution in [3.8, 4) is 28.7 Å². The highest BCUT2D eigenvalue weighted by molar-refractivity contribution is 6.09. The number of esters is 1. The van der Waals surface area contributed by atoms with E-state index < -0.39 is 5.97 Å². The first-order valence-corrected chi connectivity index (χ1v) is 9.98. The van der Waals surface area contributed by atoms with Crippen LogP contribution in [0.1, 0.15) is 26.3 Å². The number of allylic oxidation sites excluding steroid dienone is 1. The van der Waals surface area contributed by atoms with Gasteiger partial charge in [0.15, 0.2) is 17.3 Å². The van der Waals surface area contributed by atoms with E-state index in [0.717, 1.165) is 0 Å². The molecular weight excluding hydrogens is 424 g/mol. The average Bonchev–Trinajstić information content (AvgIpc) is 2.86. The summed E-state index contributed by atoms with van der Waals surface area (Å²) >= 11 is 0. The summed E-state index contributed by atoms with van der Waals surface area (Å²) in [6, 6.07) is 16.6. The molecule has 3 rings (SSSR count). The SMILES string of the molecule is COc1ccc(OC)c(C(=O)/C=C/c2ccccc2OC(=O)c2ccc(OC)c(OC)c2)c1. The number of carbonyl (C=O) groups excluding carboxylic acids is 2. The molecule has 3 aromatic carbocycles. The summed E-state index contributed by atoms with van der Waals surface area (Å²) in [7, 11) is 6.02. The van der Waals surface area contributed by atoms with E-state index in [4.69, 9.17) is 23.7 Å². The van der Waals surface area contributed by atoms with E-state index in [1.54, 1.807) is 60.7 Å². The van der Waals surface area contributed by atoms with Crippen LogP contribution in [0.15, 0.2) is 66.7 Å². The smallest absolute Gasteiger partial charge is 0.343 e. The molecular formula is C26H24O7. The van der Waals surface area contributed by atoms with Crippen molar-refractivity contribution in [2.24, 2.45) is 0 Å². The Morgan fingerprint density at radius 1 is 0.697 bits per heavy atom. The van der Waals surface area contributed by atoms with E-state index >= 15 is 0 Å². The molecule has 0 N–H and O–H groups in total. The van der Waals surface area contributed by atoms with Gasteiger partial charge in [-0.3, -0.25) is 4.79 Å². The Morgan fingerprint density at radius 2 is 1.39 bits per heavy atom. The predicted molar refractivity (Wildman–Crippen MR) is 124 cm³/mol. The van der Waals surface area contributed by atoms with Crippen molar-refractivity contribution in [3.05, 3.63) is 83.4 Å². The van der Waals surface area contributed by atoms with Gasteiger partial charge in [0, 0.05) is 5.56 Å². The Kier molecular flexibility index (Phi) is 7.70. The summed E-state index contributed by atoms with van der Waals surface area (Å²) in [6.07, 6.45) is 2.97. The number of ketones is 1. The van der Waals surface area contributed by atoms with Crippen molar-refractivity contribution in [2.75, 3.05) is 28.4 Å². The molecule has 170 valence electrons. The molecule has 33 heavy (non-hydrogen) atoms. The lowest BCUT2D eigenvalue weighted by Crippen LogP contribution is -2.09. The van der Waals surface area contributed by atoms with Crippen LogP contribution in [0.4, 0.5) is 0 Å². The Morgan fingerprint density at radius 3 is 2.09 bits per heavy atom. The molecule has 0 amide bonds. The van der Waals surface area contributed by atoms with Gasteiger partial charge in [0.2, 0.25) is 0 Å². The number of ether oxygens (including phenoxy) is 5. The van der Waals surface area contributed by atoms with Crippen molar-refractivity contribution < 1.29 is 33.3 Å². The fraction of sp³-hybridized carbons (Fsp3) is 0.154. The Labute approximate surface area is 192 Å². The Balaban J connectivity index is 1.83. The fourth-order valence-corrected chi connectivity index (χ4v) is 3.10. The summed E-state index contributed by atoms with van der Waals surface area (Å²) in [5, 5.41) is 0. The third-order valence-corrected chi connectivity index (χ3v) is 4.83. The molecule has 0 radical (unpaired) electrons. The predicted octanol–water partition coefficient (Wildman–Crippen LogP) is 4.84. The van der Waals surface area contributed by atoms with E-state index in [-0.39, 0.29) is 5.78 Å². The number of para-hydroxylation sites is 1. The first-order valence-electron chi connectivity index (χ1n) is 9.98. The minimum absolute atomic E-state index is 0.285. The minimum Gasteiger partial charge on any atom is -0.497 e. The summed E-state index contributed by atoms with van der Waals surface area (Å²) in [5.74, 6) is 1.33. The maximum Gasteiger partial charge on any atom is 0.343 e. The number of benzene rings is 3. The number of hydrogen-bond donors (Lipinski definition) is 0. The maximum absolute atomic E-state index is 12.8. The van der Waals surface area contributed by atoms with Crippen LogP contribution < -0.4 is 23.7 Å². The number of carbonyl (C=O) groups is 2. The standard InChI is InChI=1S/C26H24O7/c1-29-19-11-14-23(30-2)20(16-19)21(27)12-9-17-7-5-6-8-22(17)33-26(28)18-10-13-24(31-3)25(15-18)32-4/h5-16H,1-4H3/b12-9+. The van der Waals surface area contributed by atoms with E-state index in [0.29, 0.717) is 45.4 Å². The van der Waals surface area contributed by atoms with Crippen LogP contribution in [0.3, 0.4) is 0 Å². The normalized spacial score (nSPS) is 10.5. The zero-order chi connectivity index (χ0) is 23.8. The van der Waals surface area contributed by atoms with Crippen LogP contribution in [0.5, 0.6) is 28.7 Å². The van der Waals surface area contributed by atoms with Gasteiger partial charge in [0.25, 0.3) is 0 Å². The lowest BCUT2D eigenvalue weighted by Gasteiger charge is -2.11. The van der Waals surface area contributed by atoms with E-state index in [2.05, 4.69) is 0 Å². The van der Waals surface area contributed by atoms with E-state index in [1.165, 1.54) is 40.6 Å². The lowest BCUT2D eigenvalue weighted by molar-refractivity contribution is 0.0733. The molecule has 3 aromatic rings. The summed E-state index contributed by atoms with van der Waals surface area (Å²) in [6.45, 7) is 0. The summed E-state index contributed by atoms with van der Waals surface area (Å²) in [4.78, 5) is 25.5. The quantitative estimate of drug-likeness (QED) is 0.201. The van der Waals surface area contributed by atoms with Gasteiger partial charge >= 0.3 is 5.97 Å². The van der Waals surface area contributed by atoms with Crippen LogP contribution in [-0.4, -0.2) is 40.2 Å². The zero-order valence-corrected chi connectivity index (χ0v) is 18.8. The molecule has 0 aliphatic rings. The minimum atomic E-state index is -0.572. The van der Waals surface area contributed by atoms with Crippen molar-refractivity contribution in [2.45, 2.75) is 0 Å². The molecule has 0 aliphatic carbocycles. The molecule has 7 nitrogen and oxygen atoms in total. The average molecular weight is 448 g/mol. The van der Waals surface area contributed by atoms with Crippen molar-refractivity contribution in [1.82, 2.24) is 0 Å². The highest BCUT2D eigenvalue weighted by atomic mass is 16.5. The van der Waals surface area contributed by atoms with Gasteiger partial charge in [-0.1, -0.05) is 18.2 Å². The molecule has 0 heterocycles. The second kappa shape index (κ2) is 10.9. The van der Waals surface area contributed by atoms with Gasteiger partial charge in [-0.15, -0.1) is 0 Å². The highest BCUT2D eigenvalue weighted by Gasteiger charge is 2.15. The third-order valence-electron chi connectivity index (χ3n) is 4.83. The van der Waals surface area contributed by atoms with Crippen LogP contribution >= 0.6 is 0 Å². The molecule has 0 saturated heterocycles. The topological polar surface area (TPSA) is 80.3 Å². The molecule has 0 aromatic heterocycles. The first kappa shape index (κ1) is 23.4. The van der Waals surface area contributed by atoms with Gasteiger partial charge in [0.05, 0.1) is 39.6 Å². The van der Waals surface area contributed by atoms with Crippen LogP contribution in [0.2, 0.25) is 0 Å². The largest absolute Gasteiger partial charge is 0.497 e. The maximum atomic E-state index is 12.8. The van der Waals surface area contributed by atoms with Crippen molar-refractivity contribution >= 4 is 17.8 Å². The van der Waals surface area contributed by atoms with Crippen LogP contribution in [-0.2, 0) is 0 Å². The summed E-state index contributed by atoms with van der Waals surface area (Å²) in [5.41, 5.74) is 1.21. The molecule has 0 saturated carbocycles. The Hall–Kier alpha value is -4.26. The molecule has 0 spiro atoms. The van der Waals surface area contributed by atoms with E-state index in [1.807, 2.05) is 0 Å².